The van der Waals surface area contributed by atoms with Crippen LogP contribution in [-0.2, 0) is 6.18 Å². The van der Waals surface area contributed by atoms with E-state index < -0.39 is 17.8 Å². The third-order valence-electron chi connectivity index (χ3n) is 3.29. The Bertz CT molecular complexity index is 503. The molecule has 0 bridgehead atoms. The van der Waals surface area contributed by atoms with Gasteiger partial charge in [-0.15, -0.1) is 0 Å². The third-order valence-corrected chi connectivity index (χ3v) is 3.29. The molecule has 1 rings (SSSR count). The molecule has 7 heteroatoms. The Morgan fingerprint density at radius 2 is 2.00 bits per heavy atom. The number of anilines is 1. The number of rotatable bonds is 6. The molecule has 0 saturated carbocycles. The van der Waals surface area contributed by atoms with Crippen LogP contribution in [0.2, 0.25) is 0 Å². The molecule has 0 saturated heterocycles. The number of primary amides is 1. The van der Waals surface area contributed by atoms with Crippen molar-refractivity contribution in [2.24, 2.45) is 11.7 Å². The molecule has 0 aliphatic rings. The fraction of sp³-hybridized carbons (Fsp3) is 0.571. The Labute approximate surface area is 121 Å². The third kappa shape index (κ3) is 4.91. The Morgan fingerprint density at radius 3 is 2.48 bits per heavy atom. The first-order chi connectivity index (χ1) is 9.65. The molecule has 1 aromatic rings. The van der Waals surface area contributed by atoms with E-state index in [1.807, 2.05) is 20.8 Å². The van der Waals surface area contributed by atoms with Crippen LogP contribution in [-0.4, -0.2) is 16.9 Å². The van der Waals surface area contributed by atoms with Gasteiger partial charge in [0.25, 0.3) is 5.91 Å². The second-order valence-electron chi connectivity index (χ2n) is 5.25. The van der Waals surface area contributed by atoms with Crippen LogP contribution < -0.4 is 11.1 Å². The Balaban J connectivity index is 3.04. The summed E-state index contributed by atoms with van der Waals surface area (Å²) in [5.41, 5.74) is 4.08. The summed E-state index contributed by atoms with van der Waals surface area (Å²) in [6.45, 7) is 5.92. The maximum atomic E-state index is 12.7. The minimum atomic E-state index is -4.56. The number of halogens is 3. The van der Waals surface area contributed by atoms with Crippen molar-refractivity contribution in [3.05, 3.63) is 23.4 Å². The minimum Gasteiger partial charge on any atom is -0.367 e. The van der Waals surface area contributed by atoms with Gasteiger partial charge in [-0.05, 0) is 31.4 Å². The lowest BCUT2D eigenvalue weighted by molar-refractivity contribution is -0.141. The molecule has 0 aromatic carbocycles. The van der Waals surface area contributed by atoms with Gasteiger partial charge >= 0.3 is 6.18 Å². The summed E-state index contributed by atoms with van der Waals surface area (Å²) in [6.07, 6.45) is -2.84. The zero-order valence-corrected chi connectivity index (χ0v) is 12.3. The van der Waals surface area contributed by atoms with Crippen molar-refractivity contribution in [3.63, 3.8) is 0 Å². The van der Waals surface area contributed by atoms with Crippen LogP contribution in [0.3, 0.4) is 0 Å². The molecule has 0 aliphatic carbocycles. The normalized spacial score (nSPS) is 14.6. The second kappa shape index (κ2) is 6.78. The average molecular weight is 303 g/mol. The van der Waals surface area contributed by atoms with E-state index in [0.717, 1.165) is 25.0 Å². The molecule has 1 heterocycles. The Kier molecular flexibility index (Phi) is 5.57. The van der Waals surface area contributed by atoms with Gasteiger partial charge in [0.2, 0.25) is 0 Å². The number of nitrogens with two attached hydrogens (primary N) is 1. The molecular weight excluding hydrogens is 283 g/mol. The van der Waals surface area contributed by atoms with E-state index in [4.69, 9.17) is 5.73 Å². The molecule has 1 amide bonds. The molecule has 0 aliphatic heterocycles. The number of amides is 1. The maximum Gasteiger partial charge on any atom is 0.433 e. The summed E-state index contributed by atoms with van der Waals surface area (Å²) in [5.74, 6) is -0.516. The van der Waals surface area contributed by atoms with Gasteiger partial charge < -0.3 is 11.1 Å². The zero-order valence-electron chi connectivity index (χ0n) is 12.3. The van der Waals surface area contributed by atoms with Gasteiger partial charge in [0.15, 0.2) is 0 Å². The lowest BCUT2D eigenvalue weighted by Crippen LogP contribution is -2.24. The van der Waals surface area contributed by atoms with E-state index in [9.17, 15) is 18.0 Å². The van der Waals surface area contributed by atoms with Gasteiger partial charge in [-0.3, -0.25) is 4.79 Å². The van der Waals surface area contributed by atoms with Crippen molar-refractivity contribution in [2.45, 2.75) is 45.8 Å². The van der Waals surface area contributed by atoms with Crippen molar-refractivity contribution in [1.29, 1.82) is 0 Å². The maximum absolute atomic E-state index is 12.7. The number of nitrogens with one attached hydrogen (secondary N) is 1. The van der Waals surface area contributed by atoms with E-state index in [-0.39, 0.29) is 17.4 Å². The minimum absolute atomic E-state index is 0.0426. The monoisotopic (exact) mass is 303 g/mol. The number of hydrogen-bond acceptors (Lipinski definition) is 3. The van der Waals surface area contributed by atoms with Crippen LogP contribution in [0, 0.1) is 5.92 Å². The number of alkyl halides is 3. The molecule has 118 valence electrons. The van der Waals surface area contributed by atoms with E-state index in [1.165, 1.54) is 0 Å². The number of hydrogen-bond donors (Lipinski definition) is 2. The SMILES string of the molecule is CCC(C)CC(C)Nc1nc(C(F)(F)F)ccc1C(N)=O. The van der Waals surface area contributed by atoms with E-state index in [2.05, 4.69) is 10.3 Å². The first-order valence-electron chi connectivity index (χ1n) is 6.79. The number of carbonyl (C=O) groups is 1. The summed E-state index contributed by atoms with van der Waals surface area (Å²) in [6, 6.07) is 1.69. The largest absolute Gasteiger partial charge is 0.433 e. The molecular formula is C14H20F3N3O. The highest BCUT2D eigenvalue weighted by Gasteiger charge is 2.33. The van der Waals surface area contributed by atoms with Crippen LogP contribution in [0.25, 0.3) is 0 Å². The standard InChI is InChI=1S/C14H20F3N3O/c1-4-8(2)7-9(3)19-13-10(12(18)21)5-6-11(20-13)14(15,16)17/h5-6,8-9H,4,7H2,1-3H3,(H2,18,21)(H,19,20). The van der Waals surface area contributed by atoms with Crippen LogP contribution in [0.1, 0.15) is 49.7 Å². The molecule has 0 radical (unpaired) electrons. The smallest absolute Gasteiger partial charge is 0.367 e. The Hall–Kier alpha value is -1.79. The molecule has 4 nitrogen and oxygen atoms in total. The molecule has 3 N–H and O–H groups in total. The summed E-state index contributed by atoms with van der Waals surface area (Å²) in [7, 11) is 0. The van der Waals surface area contributed by atoms with Crippen molar-refractivity contribution >= 4 is 11.7 Å². The van der Waals surface area contributed by atoms with Crippen molar-refractivity contribution in [3.8, 4) is 0 Å². The van der Waals surface area contributed by atoms with Crippen molar-refractivity contribution in [2.75, 3.05) is 5.32 Å². The topological polar surface area (TPSA) is 68.0 Å². The summed E-state index contributed by atoms with van der Waals surface area (Å²) in [4.78, 5) is 14.8. The molecule has 0 fully saturated rings. The van der Waals surface area contributed by atoms with Crippen molar-refractivity contribution < 1.29 is 18.0 Å². The lowest BCUT2D eigenvalue weighted by Gasteiger charge is -2.20. The van der Waals surface area contributed by atoms with E-state index in [0.29, 0.717) is 5.92 Å². The highest BCUT2D eigenvalue weighted by molar-refractivity contribution is 5.97. The van der Waals surface area contributed by atoms with Crippen LogP contribution in [0.15, 0.2) is 12.1 Å². The summed E-state index contributed by atoms with van der Waals surface area (Å²) in [5, 5.41) is 2.86. The fourth-order valence-corrected chi connectivity index (χ4v) is 1.99. The summed E-state index contributed by atoms with van der Waals surface area (Å²) >= 11 is 0. The molecule has 2 atom stereocenters. The first kappa shape index (κ1) is 17.3. The zero-order chi connectivity index (χ0) is 16.2. The number of nitrogens with zero attached hydrogens (tertiary/aromatic N) is 1. The lowest BCUT2D eigenvalue weighted by atomic mass is 10.0. The predicted octanol–water partition coefficient (Wildman–Crippen LogP) is 3.44. The van der Waals surface area contributed by atoms with Gasteiger partial charge in [-0.1, -0.05) is 20.3 Å². The quantitative estimate of drug-likeness (QED) is 0.846. The number of aromatic nitrogens is 1. The van der Waals surface area contributed by atoms with Gasteiger partial charge in [0, 0.05) is 6.04 Å². The van der Waals surface area contributed by atoms with Crippen LogP contribution in [0.5, 0.6) is 0 Å². The first-order valence-corrected chi connectivity index (χ1v) is 6.79. The second-order valence-corrected chi connectivity index (χ2v) is 5.25. The van der Waals surface area contributed by atoms with Gasteiger partial charge in [-0.2, -0.15) is 13.2 Å². The van der Waals surface area contributed by atoms with Gasteiger partial charge in [0.05, 0.1) is 5.56 Å². The fourth-order valence-electron chi connectivity index (χ4n) is 1.99. The van der Waals surface area contributed by atoms with E-state index >= 15 is 0 Å². The Morgan fingerprint density at radius 1 is 1.38 bits per heavy atom. The highest BCUT2D eigenvalue weighted by Crippen LogP contribution is 2.29. The number of carbonyl (C=O) groups excluding carboxylic acids is 1. The average Bonchev–Trinajstić information content (AvgIpc) is 2.36. The predicted molar refractivity (Wildman–Crippen MR) is 74.9 cm³/mol. The molecule has 1 aromatic heterocycles. The number of pyridine rings is 1. The van der Waals surface area contributed by atoms with Gasteiger partial charge in [0.1, 0.15) is 11.5 Å². The molecule has 2 unspecified atom stereocenters. The van der Waals surface area contributed by atoms with Crippen LogP contribution in [0.4, 0.5) is 19.0 Å². The van der Waals surface area contributed by atoms with E-state index in [1.54, 1.807) is 0 Å². The molecule has 21 heavy (non-hydrogen) atoms. The van der Waals surface area contributed by atoms with Crippen LogP contribution >= 0.6 is 0 Å². The summed E-state index contributed by atoms with van der Waals surface area (Å²) < 4.78 is 38.1. The molecule has 0 spiro atoms. The van der Waals surface area contributed by atoms with Gasteiger partial charge in [-0.25, -0.2) is 4.98 Å². The van der Waals surface area contributed by atoms with Crippen molar-refractivity contribution in [1.82, 2.24) is 4.98 Å². The highest BCUT2D eigenvalue weighted by atomic mass is 19.4.